The topological polar surface area (TPSA) is 87.5 Å². The first-order valence-electron chi connectivity index (χ1n) is 10.0. The van der Waals surface area contributed by atoms with Crippen molar-refractivity contribution in [2.24, 2.45) is 0 Å². The number of nitrogens with zero attached hydrogens (tertiary/aromatic N) is 3. The van der Waals surface area contributed by atoms with Crippen LogP contribution in [0.4, 0.5) is 5.95 Å². The summed E-state index contributed by atoms with van der Waals surface area (Å²) in [7, 11) is 1.36. The zero-order valence-electron chi connectivity index (χ0n) is 17.7. The third kappa shape index (κ3) is 4.09. The van der Waals surface area contributed by atoms with Crippen LogP contribution in [0.5, 0.6) is 11.5 Å². The molecule has 1 atom stereocenters. The van der Waals surface area contributed by atoms with Crippen molar-refractivity contribution in [3.05, 3.63) is 77.3 Å². The van der Waals surface area contributed by atoms with Crippen LogP contribution in [0.1, 0.15) is 31.0 Å². The zero-order valence-corrected chi connectivity index (χ0v) is 17.7. The molecule has 160 valence electrons. The summed E-state index contributed by atoms with van der Waals surface area (Å²) < 4.78 is 18.6. The average molecular weight is 420 g/mol. The van der Waals surface area contributed by atoms with Gasteiger partial charge in [0, 0.05) is 5.70 Å². The van der Waals surface area contributed by atoms with E-state index in [1.165, 1.54) is 13.4 Å². The number of methoxy groups -OCH3 is 1. The standard InChI is InChI=1S/C23H24N4O4/c1-4-30-19-12-17(10-11-18(19)31-13-16-8-6-5-7-9-16)21-20(22(28)29-3)15(2)26-23-24-14-25-27(21)23/h5-12,14,21H,4,13H2,1-3H3,(H,24,25,26)/t21-/m1/s1. The maximum atomic E-state index is 12.6. The predicted octanol–water partition coefficient (Wildman–Crippen LogP) is 3.72. The van der Waals surface area contributed by atoms with Gasteiger partial charge in [-0.3, -0.25) is 0 Å². The van der Waals surface area contributed by atoms with Gasteiger partial charge in [0.25, 0.3) is 0 Å². The second-order valence-corrected chi connectivity index (χ2v) is 7.00. The number of hydrogen-bond acceptors (Lipinski definition) is 7. The van der Waals surface area contributed by atoms with Gasteiger partial charge in [-0.15, -0.1) is 0 Å². The monoisotopic (exact) mass is 420 g/mol. The van der Waals surface area contributed by atoms with E-state index in [9.17, 15) is 4.79 Å². The molecule has 1 aliphatic rings. The second-order valence-electron chi connectivity index (χ2n) is 7.00. The van der Waals surface area contributed by atoms with Crippen molar-refractivity contribution >= 4 is 11.9 Å². The Morgan fingerprint density at radius 1 is 1.13 bits per heavy atom. The lowest BCUT2D eigenvalue weighted by Gasteiger charge is -2.28. The largest absolute Gasteiger partial charge is 0.490 e. The number of benzene rings is 2. The van der Waals surface area contributed by atoms with E-state index < -0.39 is 12.0 Å². The highest BCUT2D eigenvalue weighted by molar-refractivity contribution is 5.92. The molecule has 4 rings (SSSR count). The number of ether oxygens (including phenoxy) is 3. The lowest BCUT2D eigenvalue weighted by molar-refractivity contribution is -0.136. The first-order valence-corrected chi connectivity index (χ1v) is 10.0. The van der Waals surface area contributed by atoms with E-state index in [4.69, 9.17) is 14.2 Å². The number of rotatable bonds is 7. The number of aromatic nitrogens is 3. The third-order valence-corrected chi connectivity index (χ3v) is 5.02. The van der Waals surface area contributed by atoms with Gasteiger partial charge in [0.15, 0.2) is 11.5 Å². The number of nitrogens with one attached hydrogen (secondary N) is 1. The van der Waals surface area contributed by atoms with Crippen molar-refractivity contribution in [3.8, 4) is 11.5 Å². The number of carbonyl (C=O) groups is 1. The number of hydrogen-bond donors (Lipinski definition) is 1. The van der Waals surface area contributed by atoms with Gasteiger partial charge in [-0.2, -0.15) is 10.1 Å². The highest BCUT2D eigenvalue weighted by atomic mass is 16.5. The molecule has 0 amide bonds. The van der Waals surface area contributed by atoms with Gasteiger partial charge in [-0.1, -0.05) is 36.4 Å². The molecule has 31 heavy (non-hydrogen) atoms. The summed E-state index contributed by atoms with van der Waals surface area (Å²) in [6.45, 7) is 4.63. The van der Waals surface area contributed by atoms with Crippen LogP contribution in [0, 0.1) is 0 Å². The van der Waals surface area contributed by atoms with E-state index in [0.717, 1.165) is 11.1 Å². The molecular weight excluding hydrogens is 396 g/mol. The highest BCUT2D eigenvalue weighted by Crippen LogP contribution is 2.39. The van der Waals surface area contributed by atoms with Crippen molar-refractivity contribution in [2.45, 2.75) is 26.5 Å². The van der Waals surface area contributed by atoms with Crippen molar-refractivity contribution in [3.63, 3.8) is 0 Å². The molecule has 8 heteroatoms. The number of anilines is 1. The Hall–Kier alpha value is -3.81. The Bertz CT molecular complexity index is 1110. The Labute approximate surface area is 180 Å². The number of fused-ring (bicyclic) bond motifs is 1. The van der Waals surface area contributed by atoms with Crippen molar-refractivity contribution < 1.29 is 19.0 Å². The maximum absolute atomic E-state index is 12.6. The number of esters is 1. The van der Waals surface area contributed by atoms with E-state index in [1.807, 2.05) is 62.4 Å². The Kier molecular flexibility index (Phi) is 5.88. The minimum atomic E-state index is -0.506. The maximum Gasteiger partial charge on any atom is 0.338 e. The van der Waals surface area contributed by atoms with Gasteiger partial charge in [0.1, 0.15) is 19.0 Å². The summed E-state index contributed by atoms with van der Waals surface area (Å²) in [5.74, 6) is 1.34. The van der Waals surface area contributed by atoms with Crippen molar-refractivity contribution in [1.82, 2.24) is 14.8 Å². The molecule has 0 fully saturated rings. The molecule has 8 nitrogen and oxygen atoms in total. The van der Waals surface area contributed by atoms with E-state index in [2.05, 4.69) is 15.4 Å². The Balaban J connectivity index is 1.71. The summed E-state index contributed by atoms with van der Waals surface area (Å²) >= 11 is 0. The van der Waals surface area contributed by atoms with Crippen LogP contribution in [0.15, 0.2) is 66.1 Å². The third-order valence-electron chi connectivity index (χ3n) is 5.02. The smallest absolute Gasteiger partial charge is 0.338 e. The summed E-state index contributed by atoms with van der Waals surface area (Å²) in [5.41, 5.74) is 3.00. The molecule has 0 saturated heterocycles. The van der Waals surface area contributed by atoms with Crippen LogP contribution < -0.4 is 14.8 Å². The van der Waals surface area contributed by atoms with E-state index in [1.54, 1.807) is 4.68 Å². The summed E-state index contributed by atoms with van der Waals surface area (Å²) in [6.07, 6.45) is 1.45. The van der Waals surface area contributed by atoms with Crippen LogP contribution >= 0.6 is 0 Å². The van der Waals surface area contributed by atoms with Crippen LogP contribution in [-0.4, -0.2) is 34.5 Å². The van der Waals surface area contributed by atoms with Gasteiger partial charge in [0.05, 0.1) is 19.3 Å². The fourth-order valence-corrected chi connectivity index (χ4v) is 3.59. The fourth-order valence-electron chi connectivity index (χ4n) is 3.59. The van der Waals surface area contributed by atoms with Crippen molar-refractivity contribution in [1.29, 1.82) is 0 Å². The van der Waals surface area contributed by atoms with Gasteiger partial charge >= 0.3 is 5.97 Å². The van der Waals surface area contributed by atoms with Gasteiger partial charge in [-0.05, 0) is 37.1 Å². The normalized spacial score (nSPS) is 15.1. The lowest BCUT2D eigenvalue weighted by Crippen LogP contribution is -2.29. The van der Waals surface area contributed by atoms with E-state index >= 15 is 0 Å². The van der Waals surface area contributed by atoms with Gasteiger partial charge in [0.2, 0.25) is 5.95 Å². The Morgan fingerprint density at radius 3 is 2.68 bits per heavy atom. The molecule has 0 saturated carbocycles. The minimum Gasteiger partial charge on any atom is -0.490 e. The summed E-state index contributed by atoms with van der Waals surface area (Å²) in [5, 5.41) is 7.43. The molecule has 1 N–H and O–H groups in total. The first-order chi connectivity index (χ1) is 15.1. The SMILES string of the molecule is CCOc1cc([C@@H]2C(C(=O)OC)=C(C)Nc3ncnn32)ccc1OCc1ccccc1. The highest BCUT2D eigenvalue weighted by Gasteiger charge is 2.34. The molecule has 0 aliphatic carbocycles. The molecule has 2 heterocycles. The molecular formula is C23H24N4O4. The van der Waals surface area contributed by atoms with Crippen LogP contribution in [0.25, 0.3) is 0 Å². The second kappa shape index (κ2) is 8.91. The predicted molar refractivity (Wildman–Crippen MR) is 115 cm³/mol. The Morgan fingerprint density at radius 2 is 1.94 bits per heavy atom. The average Bonchev–Trinajstić information content (AvgIpc) is 3.25. The first kappa shape index (κ1) is 20.5. The lowest BCUT2D eigenvalue weighted by atomic mass is 9.95. The van der Waals surface area contributed by atoms with Gasteiger partial charge < -0.3 is 19.5 Å². The molecule has 3 aromatic rings. The minimum absolute atomic E-state index is 0.424. The van der Waals surface area contributed by atoms with Crippen molar-refractivity contribution in [2.75, 3.05) is 19.0 Å². The summed E-state index contributed by atoms with van der Waals surface area (Å²) in [6, 6.07) is 15.1. The van der Waals surface area contributed by atoms with Gasteiger partial charge in [-0.25, -0.2) is 9.48 Å². The molecule has 1 aliphatic heterocycles. The quantitative estimate of drug-likeness (QED) is 0.583. The molecule has 1 aromatic heterocycles. The molecule has 0 spiro atoms. The molecule has 0 unspecified atom stereocenters. The number of allylic oxidation sites excluding steroid dienone is 1. The summed E-state index contributed by atoms with van der Waals surface area (Å²) in [4.78, 5) is 16.8. The molecule has 2 aromatic carbocycles. The van der Waals surface area contributed by atoms with Crippen LogP contribution in [0.2, 0.25) is 0 Å². The molecule has 0 bridgehead atoms. The number of carbonyl (C=O) groups excluding carboxylic acids is 1. The zero-order chi connectivity index (χ0) is 21.8. The van der Waals surface area contributed by atoms with E-state index in [0.29, 0.717) is 41.9 Å². The van der Waals surface area contributed by atoms with E-state index in [-0.39, 0.29) is 0 Å². The van der Waals surface area contributed by atoms with Crippen LogP contribution in [0.3, 0.4) is 0 Å². The fraction of sp³-hybridized carbons (Fsp3) is 0.261. The molecule has 0 radical (unpaired) electrons. The van der Waals surface area contributed by atoms with Crippen LogP contribution in [-0.2, 0) is 16.1 Å².